The Morgan fingerprint density at radius 3 is 1.89 bits per heavy atom. The van der Waals surface area contributed by atoms with E-state index in [1.54, 1.807) is 0 Å². The average Bonchev–Trinajstić information content (AvgIpc) is 3.13. The Balaban J connectivity index is 1.25. The van der Waals surface area contributed by atoms with E-state index in [2.05, 4.69) is 51.6 Å². The minimum absolute atomic E-state index is 0.226. The molecule has 3 saturated heterocycles. The first-order valence-electron chi connectivity index (χ1n) is 19.2. The molecule has 0 spiro atoms. The molecule has 0 bridgehead atoms. The minimum Gasteiger partial charge on any atom is -0.479 e. The molecule has 1 unspecified atom stereocenters. The monoisotopic (exact) mass is 728 g/mol. The summed E-state index contributed by atoms with van der Waals surface area (Å²) in [5.74, 6) is 1.08. The third-order valence-electron chi connectivity index (χ3n) is 10.9. The van der Waals surface area contributed by atoms with E-state index in [9.17, 15) is 9.90 Å². The lowest BCUT2D eigenvalue weighted by Crippen LogP contribution is -2.41. The van der Waals surface area contributed by atoms with Crippen LogP contribution in [-0.4, -0.2) is 109 Å². The summed E-state index contributed by atoms with van der Waals surface area (Å²) in [5, 5.41) is 10.6. The molecule has 1 N–H and O–H groups in total. The number of nitrogens with zero attached hydrogens (tertiary/aromatic N) is 8. The molecule has 2 aromatic heterocycles. The van der Waals surface area contributed by atoms with E-state index < -0.39 is 17.7 Å². The van der Waals surface area contributed by atoms with Crippen LogP contribution in [0.5, 0.6) is 0 Å². The third-order valence-corrected chi connectivity index (χ3v) is 10.9. The number of hydrogen-bond donors (Lipinski definition) is 1. The van der Waals surface area contributed by atoms with Crippen molar-refractivity contribution in [3.8, 4) is 11.1 Å². The van der Waals surface area contributed by atoms with Gasteiger partial charge in [0.2, 0.25) is 17.8 Å². The van der Waals surface area contributed by atoms with Gasteiger partial charge in [-0.05, 0) is 76.0 Å². The van der Waals surface area contributed by atoms with Crippen LogP contribution in [-0.2, 0) is 32.0 Å². The van der Waals surface area contributed by atoms with Gasteiger partial charge in [0.15, 0.2) is 6.10 Å². The lowest BCUT2D eigenvalue weighted by Gasteiger charge is -2.41. The molecule has 13 nitrogen and oxygen atoms in total. The average molecular weight is 729 g/mol. The maximum absolute atomic E-state index is 13.0. The van der Waals surface area contributed by atoms with Crippen LogP contribution in [0.1, 0.15) is 81.6 Å². The summed E-state index contributed by atoms with van der Waals surface area (Å²) in [5.41, 5.74) is 7.27. The summed E-state index contributed by atoms with van der Waals surface area (Å²) in [6.07, 6.45) is 1.70. The fraction of sp³-hybridized carbons (Fsp3) is 0.625. The topological polar surface area (TPSA) is 130 Å². The normalized spacial score (nSPS) is 20.0. The highest BCUT2D eigenvalue weighted by Crippen LogP contribution is 2.45. The maximum Gasteiger partial charge on any atom is 0.337 e. The second-order valence-electron chi connectivity index (χ2n) is 16.6. The number of carboxylic acid groups (broad SMARTS) is 1. The molecule has 0 radical (unpaired) electrons. The predicted molar refractivity (Wildman–Crippen MR) is 206 cm³/mol. The number of hydrogen-bond acceptors (Lipinski definition) is 12. The van der Waals surface area contributed by atoms with E-state index >= 15 is 0 Å². The second kappa shape index (κ2) is 15.0. The first kappa shape index (κ1) is 37.3. The minimum atomic E-state index is -1.15. The zero-order valence-electron chi connectivity index (χ0n) is 32.6. The van der Waals surface area contributed by atoms with Crippen molar-refractivity contribution in [2.75, 3.05) is 91.8 Å². The van der Waals surface area contributed by atoms with Crippen LogP contribution in [0.4, 0.5) is 23.5 Å². The number of rotatable bonds is 8. The number of morpholine rings is 2. The van der Waals surface area contributed by atoms with Gasteiger partial charge in [-0.15, -0.1) is 0 Å². The quantitative estimate of drug-likeness (QED) is 0.320. The number of ether oxygens (including phenoxy) is 3. The number of benzene rings is 1. The van der Waals surface area contributed by atoms with E-state index in [0.29, 0.717) is 62.1 Å². The van der Waals surface area contributed by atoms with Crippen LogP contribution < -0.4 is 19.6 Å². The van der Waals surface area contributed by atoms with Gasteiger partial charge in [0.1, 0.15) is 0 Å². The van der Waals surface area contributed by atoms with Gasteiger partial charge in [0, 0.05) is 74.9 Å². The molecule has 7 rings (SSSR count). The van der Waals surface area contributed by atoms with Crippen LogP contribution in [0.25, 0.3) is 11.1 Å². The molecule has 0 saturated carbocycles. The van der Waals surface area contributed by atoms with Crippen molar-refractivity contribution < 1.29 is 24.1 Å². The standard InChI is InChI=1S/C40H56N8O5/c1-26-31(33(45-14-11-40(6,7)12-15-45)32(27(2)41-26)34(35(49)50)53-39(3,4)5)29-8-9-30-25-48(13-10-28(30)24-29)38-43-36(46-16-20-51-21-17-46)42-37(44-38)47-18-22-52-23-19-47/h8-9,24,34H,10-23,25H2,1-7H3,(H,49,50). The number of piperidine rings is 1. The molecule has 13 heteroatoms. The lowest BCUT2D eigenvalue weighted by molar-refractivity contribution is -0.160. The Bertz CT molecular complexity index is 1770. The van der Waals surface area contributed by atoms with Gasteiger partial charge >= 0.3 is 5.97 Å². The first-order valence-corrected chi connectivity index (χ1v) is 19.2. The van der Waals surface area contributed by atoms with Crippen molar-refractivity contribution in [2.24, 2.45) is 5.41 Å². The van der Waals surface area contributed by atoms with Crippen molar-refractivity contribution in [2.45, 2.75) is 86.0 Å². The van der Waals surface area contributed by atoms with E-state index in [0.717, 1.165) is 87.6 Å². The van der Waals surface area contributed by atoms with Crippen molar-refractivity contribution in [1.29, 1.82) is 0 Å². The molecule has 6 heterocycles. The number of carbonyl (C=O) groups is 1. The van der Waals surface area contributed by atoms with Gasteiger partial charge in [0.25, 0.3) is 0 Å². The van der Waals surface area contributed by atoms with Crippen molar-refractivity contribution in [3.05, 3.63) is 46.3 Å². The van der Waals surface area contributed by atoms with E-state index in [-0.39, 0.29) is 5.41 Å². The van der Waals surface area contributed by atoms with Gasteiger partial charge in [0.05, 0.1) is 37.7 Å². The predicted octanol–water partition coefficient (Wildman–Crippen LogP) is 5.35. The summed E-state index contributed by atoms with van der Waals surface area (Å²) in [7, 11) is 0. The van der Waals surface area contributed by atoms with Crippen LogP contribution >= 0.6 is 0 Å². The van der Waals surface area contributed by atoms with Crippen LogP contribution in [0.2, 0.25) is 0 Å². The van der Waals surface area contributed by atoms with Crippen LogP contribution in [0.3, 0.4) is 0 Å². The first-order chi connectivity index (χ1) is 25.3. The summed E-state index contributed by atoms with van der Waals surface area (Å²) >= 11 is 0. The van der Waals surface area contributed by atoms with Gasteiger partial charge in [-0.25, -0.2) is 4.79 Å². The third kappa shape index (κ3) is 8.22. The van der Waals surface area contributed by atoms with Gasteiger partial charge < -0.3 is 38.9 Å². The smallest absolute Gasteiger partial charge is 0.337 e. The molecular weight excluding hydrogens is 672 g/mol. The zero-order valence-corrected chi connectivity index (χ0v) is 32.6. The Kier molecular flexibility index (Phi) is 10.5. The van der Waals surface area contributed by atoms with Crippen LogP contribution in [0.15, 0.2) is 18.2 Å². The molecule has 4 aliphatic heterocycles. The summed E-state index contributed by atoms with van der Waals surface area (Å²) in [6, 6.07) is 6.68. The number of carboxylic acids is 1. The summed E-state index contributed by atoms with van der Waals surface area (Å²) < 4.78 is 17.5. The van der Waals surface area contributed by atoms with E-state index in [1.165, 1.54) is 11.1 Å². The molecule has 1 aromatic carbocycles. The number of fused-ring (bicyclic) bond motifs is 1. The molecule has 0 amide bonds. The number of aromatic nitrogens is 4. The summed E-state index contributed by atoms with van der Waals surface area (Å²) in [6.45, 7) is 23.0. The Morgan fingerprint density at radius 2 is 1.34 bits per heavy atom. The van der Waals surface area contributed by atoms with E-state index in [4.69, 9.17) is 34.1 Å². The van der Waals surface area contributed by atoms with E-state index in [1.807, 2.05) is 34.6 Å². The molecule has 286 valence electrons. The van der Waals surface area contributed by atoms with Gasteiger partial charge in [-0.3, -0.25) is 4.98 Å². The number of aliphatic carboxylic acids is 1. The largest absolute Gasteiger partial charge is 0.479 e. The molecule has 3 aromatic rings. The number of pyridine rings is 1. The van der Waals surface area contributed by atoms with Crippen molar-refractivity contribution in [1.82, 2.24) is 19.9 Å². The van der Waals surface area contributed by atoms with Crippen LogP contribution in [0, 0.1) is 19.3 Å². The highest BCUT2D eigenvalue weighted by Gasteiger charge is 2.37. The Morgan fingerprint density at radius 1 is 0.774 bits per heavy atom. The highest BCUT2D eigenvalue weighted by atomic mass is 16.5. The molecule has 1 atom stereocenters. The van der Waals surface area contributed by atoms with Crippen molar-refractivity contribution in [3.63, 3.8) is 0 Å². The van der Waals surface area contributed by atoms with Gasteiger partial charge in [-0.1, -0.05) is 32.0 Å². The molecule has 53 heavy (non-hydrogen) atoms. The maximum atomic E-state index is 13.0. The van der Waals surface area contributed by atoms with Crippen molar-refractivity contribution >= 4 is 29.5 Å². The lowest BCUT2D eigenvalue weighted by atomic mass is 9.81. The number of aryl methyl sites for hydroxylation is 2. The fourth-order valence-electron chi connectivity index (χ4n) is 7.93. The van der Waals surface area contributed by atoms with Gasteiger partial charge in [-0.2, -0.15) is 15.0 Å². The Labute approximate surface area is 313 Å². The fourth-order valence-corrected chi connectivity index (χ4v) is 7.93. The number of anilines is 4. The molecule has 4 aliphatic rings. The molecular formula is C40H56N8O5. The highest BCUT2D eigenvalue weighted by molar-refractivity contribution is 5.88. The molecule has 0 aliphatic carbocycles. The zero-order chi connectivity index (χ0) is 37.5. The molecule has 3 fully saturated rings. The summed E-state index contributed by atoms with van der Waals surface area (Å²) in [4.78, 5) is 41.9. The second-order valence-corrected chi connectivity index (χ2v) is 16.6. The Hall–Kier alpha value is -4.07. The SMILES string of the molecule is Cc1nc(C)c(C(OC(C)(C)C)C(=O)O)c(N2CCC(C)(C)CC2)c1-c1ccc2c(c1)CCN(c1nc(N3CCOCC3)nc(N3CCOCC3)n1)C2.